The number of hydrogen-bond acceptors (Lipinski definition) is 5. The summed E-state index contributed by atoms with van der Waals surface area (Å²) in [5, 5.41) is 11.4. The molecule has 0 aliphatic heterocycles. The van der Waals surface area contributed by atoms with Gasteiger partial charge in [0.2, 0.25) is 0 Å². The summed E-state index contributed by atoms with van der Waals surface area (Å²) in [6.45, 7) is 1.69. The second kappa shape index (κ2) is 7.85. The Bertz CT molecular complexity index is 603. The number of Topliss-reactive ketones (excluding diaryl/α,β-unsaturated/α-hetero) is 1. The second-order valence-electron chi connectivity index (χ2n) is 5.77. The smallest absolute Gasteiger partial charge is 0.379 e. The van der Waals surface area contributed by atoms with E-state index in [-0.39, 0.29) is 23.8 Å². The van der Waals surface area contributed by atoms with Crippen LogP contribution in [0.25, 0.3) is 0 Å². The van der Waals surface area contributed by atoms with E-state index in [0.717, 1.165) is 38.5 Å². The number of benzene rings is 1. The van der Waals surface area contributed by atoms with E-state index in [9.17, 15) is 19.7 Å². The topological polar surface area (TPSA) is 86.5 Å². The Balaban J connectivity index is 2.32. The minimum atomic E-state index is -0.982. The Morgan fingerprint density at radius 3 is 2.43 bits per heavy atom. The predicted octanol–water partition coefficient (Wildman–Crippen LogP) is 3.78. The summed E-state index contributed by atoms with van der Waals surface area (Å²) in [6.07, 6.45) is 6.28. The summed E-state index contributed by atoms with van der Waals surface area (Å²) in [7, 11) is 0. The van der Waals surface area contributed by atoms with Gasteiger partial charge in [0.1, 0.15) is 0 Å². The summed E-state index contributed by atoms with van der Waals surface area (Å²) in [5.74, 6) is -1.68. The normalized spacial score (nSPS) is 15.7. The molecule has 0 saturated heterocycles. The minimum absolute atomic E-state index is 0.00696. The van der Waals surface area contributed by atoms with Gasteiger partial charge in [-0.2, -0.15) is 0 Å². The maximum Gasteiger partial charge on any atom is 0.379 e. The van der Waals surface area contributed by atoms with E-state index >= 15 is 0 Å². The summed E-state index contributed by atoms with van der Waals surface area (Å²) in [5.41, 5.74) is 0.594. The number of carbonyl (C=O) groups is 2. The van der Waals surface area contributed by atoms with E-state index in [1.807, 2.05) is 0 Å². The van der Waals surface area contributed by atoms with Gasteiger partial charge in [0.15, 0.2) is 0 Å². The molecule has 1 aliphatic rings. The van der Waals surface area contributed by atoms with Crippen LogP contribution in [0, 0.1) is 10.1 Å². The van der Waals surface area contributed by atoms with Crippen LogP contribution in [0.3, 0.4) is 0 Å². The van der Waals surface area contributed by atoms with E-state index in [2.05, 4.69) is 4.74 Å². The van der Waals surface area contributed by atoms with Gasteiger partial charge in [-0.3, -0.25) is 14.9 Å². The number of nitro groups is 1. The fourth-order valence-corrected chi connectivity index (χ4v) is 3.09. The van der Waals surface area contributed by atoms with Gasteiger partial charge in [-0.25, -0.2) is 4.79 Å². The van der Waals surface area contributed by atoms with Gasteiger partial charge in [0.25, 0.3) is 11.5 Å². The van der Waals surface area contributed by atoms with Gasteiger partial charge >= 0.3 is 5.97 Å². The first-order valence-corrected chi connectivity index (χ1v) is 8.04. The number of rotatable bonds is 5. The number of nitro benzene ring substituents is 1. The molecule has 0 aromatic heterocycles. The molecular weight excluding hydrogens is 298 g/mol. The third kappa shape index (κ3) is 4.15. The van der Waals surface area contributed by atoms with Crippen LogP contribution >= 0.6 is 0 Å². The first-order chi connectivity index (χ1) is 11.0. The van der Waals surface area contributed by atoms with Gasteiger partial charge in [0, 0.05) is 17.2 Å². The lowest BCUT2D eigenvalue weighted by Crippen LogP contribution is -2.18. The Labute approximate surface area is 135 Å². The van der Waals surface area contributed by atoms with Crippen LogP contribution < -0.4 is 0 Å². The first kappa shape index (κ1) is 17.1. The fourth-order valence-electron chi connectivity index (χ4n) is 3.09. The van der Waals surface area contributed by atoms with Crippen molar-refractivity contribution in [3.8, 4) is 0 Å². The Morgan fingerprint density at radius 1 is 1.22 bits per heavy atom. The molecule has 0 spiro atoms. The highest BCUT2D eigenvalue weighted by atomic mass is 16.6. The number of ketones is 1. The van der Waals surface area contributed by atoms with E-state index < -0.39 is 16.7 Å². The number of carbonyl (C=O) groups excluding carboxylic acids is 2. The molecule has 0 bridgehead atoms. The van der Waals surface area contributed by atoms with Crippen LogP contribution in [0.5, 0.6) is 0 Å². The molecule has 1 aromatic carbocycles. The molecule has 1 saturated carbocycles. The lowest BCUT2D eigenvalue weighted by atomic mass is 9.89. The monoisotopic (exact) mass is 319 g/mol. The largest absolute Gasteiger partial charge is 0.460 e. The maximum absolute atomic E-state index is 12.0. The van der Waals surface area contributed by atoms with Crippen molar-refractivity contribution < 1.29 is 19.2 Å². The van der Waals surface area contributed by atoms with Crippen molar-refractivity contribution in [3.05, 3.63) is 39.4 Å². The zero-order valence-electron chi connectivity index (χ0n) is 13.2. The van der Waals surface area contributed by atoms with Gasteiger partial charge < -0.3 is 4.74 Å². The van der Waals surface area contributed by atoms with Crippen molar-refractivity contribution in [3.63, 3.8) is 0 Å². The predicted molar refractivity (Wildman–Crippen MR) is 84.5 cm³/mol. The van der Waals surface area contributed by atoms with Crippen molar-refractivity contribution in [1.29, 1.82) is 0 Å². The van der Waals surface area contributed by atoms with Crippen molar-refractivity contribution >= 4 is 17.4 Å². The minimum Gasteiger partial charge on any atom is -0.460 e. The lowest BCUT2D eigenvalue weighted by molar-refractivity contribution is -0.385. The molecule has 0 heterocycles. The Morgan fingerprint density at radius 2 is 1.87 bits per heavy atom. The Hall–Kier alpha value is -2.24. The van der Waals surface area contributed by atoms with Crippen LogP contribution in [0.4, 0.5) is 5.69 Å². The van der Waals surface area contributed by atoms with Gasteiger partial charge in [-0.1, -0.05) is 31.7 Å². The standard InChI is InChI=1S/C17H21NO5/c1-2-23-17(20)16(19)13-9-10-14(15(11-13)18(21)22)12-7-5-3-4-6-8-12/h9-12H,2-8H2,1H3. The zero-order chi connectivity index (χ0) is 16.8. The van der Waals surface area contributed by atoms with Crippen molar-refractivity contribution in [2.24, 2.45) is 0 Å². The highest BCUT2D eigenvalue weighted by molar-refractivity contribution is 6.40. The number of ether oxygens (including phenoxy) is 1. The Kier molecular flexibility index (Phi) is 5.84. The van der Waals surface area contributed by atoms with E-state index in [1.165, 1.54) is 12.1 Å². The number of esters is 1. The molecule has 1 aliphatic carbocycles. The third-order valence-corrected chi connectivity index (χ3v) is 4.25. The van der Waals surface area contributed by atoms with Crippen LogP contribution in [0.1, 0.15) is 67.3 Å². The molecule has 0 radical (unpaired) electrons. The SMILES string of the molecule is CCOC(=O)C(=O)c1ccc(C2CCCCCC2)c([N+](=O)[O-])c1. The van der Waals surface area contributed by atoms with E-state index in [1.54, 1.807) is 13.0 Å². The molecule has 124 valence electrons. The van der Waals surface area contributed by atoms with Crippen LogP contribution in [0.2, 0.25) is 0 Å². The van der Waals surface area contributed by atoms with Crippen LogP contribution in [-0.4, -0.2) is 23.3 Å². The average molecular weight is 319 g/mol. The highest BCUT2D eigenvalue weighted by Crippen LogP contribution is 2.36. The van der Waals surface area contributed by atoms with Gasteiger partial charge in [0.05, 0.1) is 11.5 Å². The maximum atomic E-state index is 12.0. The molecule has 6 nitrogen and oxygen atoms in total. The van der Waals surface area contributed by atoms with Crippen molar-refractivity contribution in [2.45, 2.75) is 51.4 Å². The summed E-state index contributed by atoms with van der Waals surface area (Å²) >= 11 is 0. The van der Waals surface area contributed by atoms with Gasteiger partial charge in [-0.15, -0.1) is 0 Å². The van der Waals surface area contributed by atoms with Crippen LogP contribution in [0.15, 0.2) is 18.2 Å². The van der Waals surface area contributed by atoms with Crippen molar-refractivity contribution in [2.75, 3.05) is 6.61 Å². The zero-order valence-corrected chi connectivity index (χ0v) is 13.2. The third-order valence-electron chi connectivity index (χ3n) is 4.25. The molecule has 2 rings (SSSR count). The lowest BCUT2D eigenvalue weighted by Gasteiger charge is -2.15. The van der Waals surface area contributed by atoms with Gasteiger partial charge in [-0.05, 0) is 31.7 Å². The second-order valence-corrected chi connectivity index (χ2v) is 5.77. The molecular formula is C17H21NO5. The summed E-state index contributed by atoms with van der Waals surface area (Å²) < 4.78 is 4.66. The van der Waals surface area contributed by atoms with Crippen LogP contribution in [-0.2, 0) is 9.53 Å². The molecule has 0 amide bonds. The molecule has 0 atom stereocenters. The molecule has 0 N–H and O–H groups in total. The quantitative estimate of drug-likeness (QED) is 0.206. The highest BCUT2D eigenvalue weighted by Gasteiger charge is 2.26. The summed E-state index contributed by atoms with van der Waals surface area (Å²) in [6, 6.07) is 4.33. The molecule has 23 heavy (non-hydrogen) atoms. The van der Waals surface area contributed by atoms with E-state index in [0.29, 0.717) is 5.56 Å². The first-order valence-electron chi connectivity index (χ1n) is 8.04. The fraction of sp³-hybridized carbons (Fsp3) is 0.529. The molecule has 1 aromatic rings. The van der Waals surface area contributed by atoms with Crippen molar-refractivity contribution in [1.82, 2.24) is 0 Å². The number of hydrogen-bond donors (Lipinski definition) is 0. The number of nitrogens with zero attached hydrogens (tertiary/aromatic N) is 1. The van der Waals surface area contributed by atoms with E-state index in [4.69, 9.17) is 0 Å². The average Bonchev–Trinajstić information content (AvgIpc) is 2.83. The molecule has 0 unspecified atom stereocenters. The molecule has 6 heteroatoms. The summed E-state index contributed by atoms with van der Waals surface area (Å²) in [4.78, 5) is 34.4. The molecule has 1 fully saturated rings.